The highest BCUT2D eigenvalue weighted by molar-refractivity contribution is 5.76. The van der Waals surface area contributed by atoms with Crippen molar-refractivity contribution < 1.29 is 24.5 Å². The third-order valence-electron chi connectivity index (χ3n) is 13.0. The van der Waals surface area contributed by atoms with Gasteiger partial charge in [0.05, 0.1) is 25.4 Å². The van der Waals surface area contributed by atoms with E-state index in [9.17, 15) is 19.8 Å². The lowest BCUT2D eigenvalue weighted by atomic mass is 10.0. The zero-order valence-corrected chi connectivity index (χ0v) is 42.3. The van der Waals surface area contributed by atoms with Crippen LogP contribution in [0.15, 0.2) is 24.3 Å². The Kier molecular flexibility index (Phi) is 51.6. The molecule has 372 valence electrons. The molecule has 0 aromatic rings. The average Bonchev–Trinajstić information content (AvgIpc) is 3.28. The van der Waals surface area contributed by atoms with Crippen molar-refractivity contribution in [3.05, 3.63) is 24.3 Å². The van der Waals surface area contributed by atoms with Gasteiger partial charge in [-0.1, -0.05) is 256 Å². The van der Waals surface area contributed by atoms with Gasteiger partial charge in [0.1, 0.15) is 0 Å². The first kappa shape index (κ1) is 61.3. The first-order valence-corrected chi connectivity index (χ1v) is 28.1. The van der Waals surface area contributed by atoms with E-state index in [1.54, 1.807) is 6.08 Å². The van der Waals surface area contributed by atoms with Crippen LogP contribution in [-0.2, 0) is 14.3 Å². The first-order valence-electron chi connectivity index (χ1n) is 28.1. The molecular formula is C57H109NO5. The fourth-order valence-electron chi connectivity index (χ4n) is 8.63. The molecule has 0 aromatic carbocycles. The van der Waals surface area contributed by atoms with E-state index in [1.165, 1.54) is 231 Å². The molecule has 0 saturated heterocycles. The van der Waals surface area contributed by atoms with Gasteiger partial charge >= 0.3 is 5.97 Å². The molecule has 0 rings (SSSR count). The summed E-state index contributed by atoms with van der Waals surface area (Å²) < 4.78 is 5.48. The summed E-state index contributed by atoms with van der Waals surface area (Å²) in [6.45, 7) is 4.89. The van der Waals surface area contributed by atoms with Crippen molar-refractivity contribution in [1.29, 1.82) is 0 Å². The number of amides is 1. The molecule has 0 fully saturated rings. The largest absolute Gasteiger partial charge is 0.466 e. The smallest absolute Gasteiger partial charge is 0.305 e. The molecule has 0 aliphatic rings. The van der Waals surface area contributed by atoms with E-state index in [4.69, 9.17) is 4.74 Å². The van der Waals surface area contributed by atoms with Crippen LogP contribution in [0.4, 0.5) is 0 Å². The second-order valence-corrected chi connectivity index (χ2v) is 19.3. The summed E-state index contributed by atoms with van der Waals surface area (Å²) in [6, 6.07) is -0.633. The lowest BCUT2D eigenvalue weighted by Gasteiger charge is -2.20. The van der Waals surface area contributed by atoms with Crippen molar-refractivity contribution in [2.24, 2.45) is 0 Å². The number of aliphatic hydroxyl groups excluding tert-OH is 2. The van der Waals surface area contributed by atoms with Crippen molar-refractivity contribution in [3.8, 4) is 0 Å². The quantitative estimate of drug-likeness (QED) is 0.0321. The maximum absolute atomic E-state index is 12.4. The highest BCUT2D eigenvalue weighted by Gasteiger charge is 2.18. The zero-order valence-electron chi connectivity index (χ0n) is 42.3. The Bertz CT molecular complexity index is 982. The van der Waals surface area contributed by atoms with Gasteiger partial charge in [-0.2, -0.15) is 0 Å². The topological polar surface area (TPSA) is 95.9 Å². The minimum atomic E-state index is -0.848. The van der Waals surface area contributed by atoms with Gasteiger partial charge in [0.15, 0.2) is 0 Å². The van der Waals surface area contributed by atoms with Crippen LogP contribution in [0.1, 0.15) is 303 Å². The second kappa shape index (κ2) is 53.0. The van der Waals surface area contributed by atoms with Crippen molar-refractivity contribution in [2.75, 3.05) is 13.2 Å². The fraction of sp³-hybridized carbons (Fsp3) is 0.895. The number of hydrogen-bond donors (Lipinski definition) is 3. The average molecular weight is 889 g/mol. The number of nitrogens with one attached hydrogen (secondary N) is 1. The van der Waals surface area contributed by atoms with Gasteiger partial charge in [-0.15, -0.1) is 0 Å². The molecule has 0 aliphatic carbocycles. The van der Waals surface area contributed by atoms with E-state index in [1.807, 2.05) is 6.08 Å². The van der Waals surface area contributed by atoms with Crippen LogP contribution in [0.2, 0.25) is 0 Å². The second-order valence-electron chi connectivity index (χ2n) is 19.3. The number of ether oxygens (including phenoxy) is 1. The minimum Gasteiger partial charge on any atom is -0.466 e. The number of allylic oxidation sites excluding steroid dienone is 3. The predicted molar refractivity (Wildman–Crippen MR) is 273 cm³/mol. The van der Waals surface area contributed by atoms with E-state index in [0.717, 1.165) is 44.9 Å². The molecule has 3 N–H and O–H groups in total. The predicted octanol–water partition coefficient (Wildman–Crippen LogP) is 17.1. The molecule has 1 amide bonds. The van der Waals surface area contributed by atoms with Crippen molar-refractivity contribution in [3.63, 3.8) is 0 Å². The Morgan fingerprint density at radius 1 is 0.429 bits per heavy atom. The molecular weight excluding hydrogens is 779 g/mol. The van der Waals surface area contributed by atoms with E-state index in [2.05, 4.69) is 31.3 Å². The summed E-state index contributed by atoms with van der Waals surface area (Å²) in [5.41, 5.74) is 0. The van der Waals surface area contributed by atoms with E-state index >= 15 is 0 Å². The molecule has 2 unspecified atom stereocenters. The van der Waals surface area contributed by atoms with Gasteiger partial charge in [-0.3, -0.25) is 9.59 Å². The molecule has 0 bridgehead atoms. The van der Waals surface area contributed by atoms with Crippen LogP contribution in [0.3, 0.4) is 0 Å². The molecule has 0 aromatic heterocycles. The van der Waals surface area contributed by atoms with Crippen LogP contribution >= 0.6 is 0 Å². The first-order chi connectivity index (χ1) is 31.0. The summed E-state index contributed by atoms with van der Waals surface area (Å²) in [4.78, 5) is 24.5. The maximum Gasteiger partial charge on any atom is 0.305 e. The summed E-state index contributed by atoms with van der Waals surface area (Å²) in [5, 5.41) is 23.0. The van der Waals surface area contributed by atoms with E-state index < -0.39 is 12.1 Å². The summed E-state index contributed by atoms with van der Waals surface area (Å²) >= 11 is 0. The van der Waals surface area contributed by atoms with Crippen LogP contribution in [0.5, 0.6) is 0 Å². The van der Waals surface area contributed by atoms with Gasteiger partial charge in [0, 0.05) is 12.8 Å². The van der Waals surface area contributed by atoms with Gasteiger partial charge < -0.3 is 20.3 Å². The SMILES string of the molecule is CCCCCCCCCCC/C=C/C(O)C(CO)NC(=O)CCCCCCCCC/C=C\CCCCCCCCCCOC(=O)CCCCCCCCCCCCCCCCCC. The minimum absolute atomic E-state index is 0.00644. The molecule has 2 atom stereocenters. The highest BCUT2D eigenvalue weighted by atomic mass is 16.5. The fourth-order valence-corrected chi connectivity index (χ4v) is 8.63. The van der Waals surface area contributed by atoms with Gasteiger partial charge in [0.2, 0.25) is 5.91 Å². The summed E-state index contributed by atoms with van der Waals surface area (Å²) in [7, 11) is 0. The van der Waals surface area contributed by atoms with Crippen LogP contribution in [0, 0.1) is 0 Å². The van der Waals surface area contributed by atoms with Crippen LogP contribution in [0.25, 0.3) is 0 Å². The molecule has 0 saturated carbocycles. The van der Waals surface area contributed by atoms with Gasteiger partial charge in [-0.25, -0.2) is 0 Å². The Labute approximate surface area is 392 Å². The van der Waals surface area contributed by atoms with Crippen molar-refractivity contribution >= 4 is 11.9 Å². The number of carbonyl (C=O) groups is 2. The lowest BCUT2D eigenvalue weighted by Crippen LogP contribution is -2.45. The molecule has 6 nitrogen and oxygen atoms in total. The Hall–Kier alpha value is -1.66. The number of aliphatic hydroxyl groups is 2. The van der Waals surface area contributed by atoms with Crippen LogP contribution < -0.4 is 5.32 Å². The molecule has 0 heterocycles. The Morgan fingerprint density at radius 2 is 0.746 bits per heavy atom. The molecule has 6 heteroatoms. The molecule has 63 heavy (non-hydrogen) atoms. The third kappa shape index (κ3) is 49.6. The Balaban J connectivity index is 3.43. The Morgan fingerprint density at radius 3 is 1.13 bits per heavy atom. The van der Waals surface area contributed by atoms with Crippen molar-refractivity contribution in [1.82, 2.24) is 5.32 Å². The zero-order chi connectivity index (χ0) is 45.8. The standard InChI is InChI=1S/C57H109NO5/c1-3-5-7-9-11-13-15-16-17-24-27-31-35-39-43-47-51-57(62)63-52-48-44-40-36-32-28-25-22-20-18-19-21-23-26-30-34-38-42-46-50-56(61)58-54(53-59)55(60)49-45-41-37-33-29-14-12-10-8-6-4-2/h18-19,45,49,54-55,59-60H,3-17,20-44,46-48,50-53H2,1-2H3,(H,58,61)/b19-18-,49-45+. The lowest BCUT2D eigenvalue weighted by molar-refractivity contribution is -0.143. The highest BCUT2D eigenvalue weighted by Crippen LogP contribution is 2.16. The monoisotopic (exact) mass is 888 g/mol. The number of carbonyl (C=O) groups excluding carboxylic acids is 2. The molecule has 0 spiro atoms. The van der Waals surface area contributed by atoms with E-state index in [0.29, 0.717) is 19.4 Å². The van der Waals surface area contributed by atoms with Gasteiger partial charge in [0.25, 0.3) is 0 Å². The molecule has 0 aliphatic heterocycles. The summed E-state index contributed by atoms with van der Waals surface area (Å²) in [6.07, 6.45) is 63.4. The van der Waals surface area contributed by atoms with Crippen molar-refractivity contribution in [2.45, 2.75) is 315 Å². The molecule has 0 radical (unpaired) electrons. The number of unbranched alkanes of at least 4 members (excludes halogenated alkanes) is 39. The normalized spacial score (nSPS) is 12.8. The number of esters is 1. The maximum atomic E-state index is 12.4. The third-order valence-corrected chi connectivity index (χ3v) is 13.0. The number of rotatable bonds is 52. The van der Waals surface area contributed by atoms with Gasteiger partial charge in [-0.05, 0) is 57.8 Å². The summed E-state index contributed by atoms with van der Waals surface area (Å²) in [5.74, 6) is -0.0721. The van der Waals surface area contributed by atoms with E-state index in [-0.39, 0.29) is 18.5 Å². The van der Waals surface area contributed by atoms with Crippen LogP contribution in [-0.4, -0.2) is 47.4 Å². The number of hydrogen-bond acceptors (Lipinski definition) is 5.